The zero-order valence-corrected chi connectivity index (χ0v) is 13.7. The van der Waals surface area contributed by atoms with Crippen LogP contribution in [0.1, 0.15) is 44.6 Å². The van der Waals surface area contributed by atoms with Crippen molar-refractivity contribution in [3.63, 3.8) is 0 Å². The largest absolute Gasteiger partial charge is 0.338 e. The molecule has 0 N–H and O–H groups in total. The monoisotopic (exact) mass is 323 g/mol. The van der Waals surface area contributed by atoms with E-state index in [9.17, 15) is 4.79 Å². The maximum atomic E-state index is 12.9. The molecule has 0 bridgehead atoms. The molecule has 1 amide bonds. The van der Waals surface area contributed by atoms with Gasteiger partial charge in [-0.1, -0.05) is 37.8 Å². The van der Waals surface area contributed by atoms with Gasteiger partial charge in [0, 0.05) is 17.1 Å². The van der Waals surface area contributed by atoms with Gasteiger partial charge in [-0.2, -0.15) is 0 Å². The van der Waals surface area contributed by atoms with Crippen LogP contribution in [0.2, 0.25) is 5.02 Å². The molecule has 0 saturated carbocycles. The molecule has 0 radical (unpaired) electrons. The predicted octanol–water partition coefficient (Wildman–Crippen LogP) is 3.86. The highest BCUT2D eigenvalue weighted by atomic mass is 35.5. The highest BCUT2D eigenvalue weighted by Crippen LogP contribution is 2.46. The predicted molar refractivity (Wildman–Crippen MR) is 86.1 cm³/mol. The van der Waals surface area contributed by atoms with E-state index in [-0.39, 0.29) is 5.91 Å². The quantitative estimate of drug-likeness (QED) is 0.772. The van der Waals surface area contributed by atoms with Crippen molar-refractivity contribution < 1.29 is 14.3 Å². The van der Waals surface area contributed by atoms with Gasteiger partial charge >= 0.3 is 0 Å². The molecular weight excluding hydrogens is 302 g/mol. The fraction of sp³-hybridized carbons (Fsp3) is 0.588. The van der Waals surface area contributed by atoms with Crippen LogP contribution in [0.25, 0.3) is 0 Å². The Morgan fingerprint density at radius 1 is 1.23 bits per heavy atom. The molecule has 0 aliphatic carbocycles. The number of halogens is 1. The Labute approximate surface area is 136 Å². The van der Waals surface area contributed by atoms with Crippen molar-refractivity contribution in [2.45, 2.75) is 44.8 Å². The van der Waals surface area contributed by atoms with Crippen molar-refractivity contribution in [3.8, 4) is 0 Å². The number of hydrogen-bond donors (Lipinski definition) is 0. The molecular formula is C17H22ClNO3. The number of rotatable bonds is 5. The van der Waals surface area contributed by atoms with Crippen LogP contribution in [0, 0.1) is 0 Å². The second kappa shape index (κ2) is 6.57. The lowest BCUT2D eigenvalue weighted by atomic mass is 10.1. The van der Waals surface area contributed by atoms with Crippen LogP contribution in [0.15, 0.2) is 18.2 Å². The number of carbonyl (C=O) groups is 1. The maximum Gasteiger partial charge on any atom is 0.292 e. The number of benzene rings is 1. The van der Waals surface area contributed by atoms with Gasteiger partial charge in [-0.25, -0.2) is 0 Å². The van der Waals surface area contributed by atoms with Gasteiger partial charge in [0.2, 0.25) is 0 Å². The van der Waals surface area contributed by atoms with E-state index in [1.54, 1.807) is 11.0 Å². The van der Waals surface area contributed by atoms with E-state index >= 15 is 0 Å². The van der Waals surface area contributed by atoms with Crippen LogP contribution in [0.5, 0.6) is 0 Å². The smallest absolute Gasteiger partial charge is 0.292 e. The third-order valence-corrected chi connectivity index (χ3v) is 4.50. The zero-order chi connectivity index (χ0) is 15.6. The summed E-state index contributed by atoms with van der Waals surface area (Å²) in [5.41, 5.74) is 1.62. The number of amides is 1. The minimum Gasteiger partial charge on any atom is -0.338 e. The van der Waals surface area contributed by atoms with Gasteiger partial charge in [-0.15, -0.1) is 0 Å². The Balaban J connectivity index is 1.88. The first-order chi connectivity index (χ1) is 10.7. The molecule has 1 spiro atoms. The fourth-order valence-corrected chi connectivity index (χ4v) is 3.31. The first-order valence-corrected chi connectivity index (χ1v) is 8.47. The van der Waals surface area contributed by atoms with Gasteiger partial charge in [0.1, 0.15) is 0 Å². The minimum absolute atomic E-state index is 0.110. The van der Waals surface area contributed by atoms with E-state index in [0.29, 0.717) is 24.8 Å². The Kier molecular flexibility index (Phi) is 4.71. The van der Waals surface area contributed by atoms with Gasteiger partial charge in [0.15, 0.2) is 0 Å². The standard InChI is InChI=1S/C17H22ClNO3/c1-2-3-4-5-9-19-15-8-7-13(18)12-14(15)17(16(19)20)21-10-6-11-22-17/h7-8,12H,2-6,9-11H2,1H3. The highest BCUT2D eigenvalue weighted by Gasteiger charge is 2.54. The summed E-state index contributed by atoms with van der Waals surface area (Å²) in [7, 11) is 0. The van der Waals surface area contributed by atoms with Crippen molar-refractivity contribution in [1.29, 1.82) is 0 Å². The number of ether oxygens (including phenoxy) is 2. The highest BCUT2D eigenvalue weighted by molar-refractivity contribution is 6.31. The van der Waals surface area contributed by atoms with E-state index in [1.165, 1.54) is 12.8 Å². The molecule has 3 rings (SSSR count). The molecule has 22 heavy (non-hydrogen) atoms. The van der Waals surface area contributed by atoms with Crippen molar-refractivity contribution in [1.82, 2.24) is 0 Å². The summed E-state index contributed by atoms with van der Waals surface area (Å²) in [6.07, 6.45) is 5.28. The molecule has 4 nitrogen and oxygen atoms in total. The van der Waals surface area contributed by atoms with E-state index < -0.39 is 5.79 Å². The van der Waals surface area contributed by atoms with Crippen LogP contribution < -0.4 is 4.90 Å². The first kappa shape index (κ1) is 15.8. The van der Waals surface area contributed by atoms with Crippen molar-refractivity contribution in [2.75, 3.05) is 24.7 Å². The van der Waals surface area contributed by atoms with Crippen LogP contribution >= 0.6 is 11.6 Å². The number of hydrogen-bond acceptors (Lipinski definition) is 3. The van der Waals surface area contributed by atoms with Gasteiger partial charge in [-0.3, -0.25) is 4.79 Å². The van der Waals surface area contributed by atoms with Gasteiger partial charge < -0.3 is 14.4 Å². The fourth-order valence-electron chi connectivity index (χ4n) is 3.14. The zero-order valence-electron chi connectivity index (χ0n) is 12.9. The lowest BCUT2D eigenvalue weighted by Crippen LogP contribution is -2.47. The summed E-state index contributed by atoms with van der Waals surface area (Å²) in [6, 6.07) is 5.51. The van der Waals surface area contributed by atoms with E-state index in [2.05, 4.69) is 6.92 Å². The van der Waals surface area contributed by atoms with Crippen molar-refractivity contribution >= 4 is 23.2 Å². The Bertz CT molecular complexity index is 555. The van der Waals surface area contributed by atoms with Crippen LogP contribution in [-0.2, 0) is 20.1 Å². The number of nitrogens with zero attached hydrogens (tertiary/aromatic N) is 1. The summed E-state index contributed by atoms with van der Waals surface area (Å²) in [5.74, 6) is -1.38. The number of unbranched alkanes of at least 4 members (excludes halogenated alkanes) is 3. The Morgan fingerprint density at radius 3 is 2.73 bits per heavy atom. The second-order valence-corrected chi connectivity index (χ2v) is 6.28. The summed E-state index contributed by atoms with van der Waals surface area (Å²) >= 11 is 6.13. The molecule has 2 aliphatic heterocycles. The van der Waals surface area contributed by atoms with Crippen molar-refractivity contribution in [3.05, 3.63) is 28.8 Å². The summed E-state index contributed by atoms with van der Waals surface area (Å²) in [6.45, 7) is 3.93. The maximum absolute atomic E-state index is 12.9. The molecule has 0 unspecified atom stereocenters. The van der Waals surface area contributed by atoms with Crippen LogP contribution in [0.4, 0.5) is 5.69 Å². The normalized spacial score (nSPS) is 19.7. The van der Waals surface area contributed by atoms with Crippen LogP contribution in [0.3, 0.4) is 0 Å². The lowest BCUT2D eigenvalue weighted by Gasteiger charge is -2.32. The molecule has 2 heterocycles. The van der Waals surface area contributed by atoms with E-state index in [0.717, 1.165) is 30.5 Å². The number of carbonyl (C=O) groups excluding carboxylic acids is 1. The minimum atomic E-state index is -1.27. The molecule has 1 saturated heterocycles. The summed E-state index contributed by atoms with van der Waals surface area (Å²) in [5, 5.41) is 0.594. The SMILES string of the molecule is CCCCCCN1C(=O)C2(OCCCO2)c2cc(Cl)ccc21. The summed E-state index contributed by atoms with van der Waals surface area (Å²) < 4.78 is 11.6. The molecule has 2 aliphatic rings. The molecule has 1 fully saturated rings. The van der Waals surface area contributed by atoms with Crippen LogP contribution in [-0.4, -0.2) is 25.7 Å². The molecule has 1 aromatic carbocycles. The summed E-state index contributed by atoms with van der Waals surface area (Å²) in [4.78, 5) is 14.7. The van der Waals surface area contributed by atoms with Crippen molar-refractivity contribution in [2.24, 2.45) is 0 Å². The second-order valence-electron chi connectivity index (χ2n) is 5.85. The third-order valence-electron chi connectivity index (χ3n) is 4.27. The lowest BCUT2D eigenvalue weighted by molar-refractivity contribution is -0.256. The van der Waals surface area contributed by atoms with Gasteiger partial charge in [0.25, 0.3) is 11.7 Å². The van der Waals surface area contributed by atoms with Gasteiger partial charge in [-0.05, 0) is 31.0 Å². The average molecular weight is 324 g/mol. The Morgan fingerprint density at radius 2 is 2.00 bits per heavy atom. The molecule has 120 valence electrons. The van der Waals surface area contributed by atoms with Gasteiger partial charge in [0.05, 0.1) is 18.9 Å². The van der Waals surface area contributed by atoms with E-state index in [4.69, 9.17) is 21.1 Å². The first-order valence-electron chi connectivity index (χ1n) is 8.09. The molecule has 5 heteroatoms. The van der Waals surface area contributed by atoms with E-state index in [1.807, 2.05) is 12.1 Å². The molecule has 0 atom stereocenters. The molecule has 1 aromatic rings. The average Bonchev–Trinajstić information content (AvgIpc) is 2.75. The Hall–Kier alpha value is -1.10. The number of anilines is 1. The topological polar surface area (TPSA) is 38.8 Å². The third kappa shape index (κ3) is 2.64. The molecule has 0 aromatic heterocycles. The number of fused-ring (bicyclic) bond motifs is 2.